The number of phenols is 1. The van der Waals surface area contributed by atoms with Crippen LogP contribution in [0, 0.1) is 0 Å². The molecule has 1 amide bonds. The normalized spacial score (nSPS) is 11.8. The average Bonchev–Trinajstić information content (AvgIpc) is 2.42. The van der Waals surface area contributed by atoms with Crippen LogP contribution in [0.25, 0.3) is 0 Å². The van der Waals surface area contributed by atoms with E-state index in [0.717, 1.165) is 6.42 Å². The van der Waals surface area contributed by atoms with Crippen molar-refractivity contribution in [2.24, 2.45) is 0 Å². The van der Waals surface area contributed by atoms with Crippen LogP contribution < -0.4 is 11.1 Å². The van der Waals surface area contributed by atoms with Crippen LogP contribution in [-0.4, -0.2) is 17.1 Å². The Morgan fingerprint density at radius 2 is 1.95 bits per heavy atom. The van der Waals surface area contributed by atoms with Crippen molar-refractivity contribution in [1.29, 1.82) is 0 Å². The van der Waals surface area contributed by atoms with Gasteiger partial charge in [-0.25, -0.2) is 0 Å². The summed E-state index contributed by atoms with van der Waals surface area (Å²) >= 11 is 0. The Hall–Kier alpha value is -2.49. The molecular weight excluding hydrogens is 252 g/mol. The Morgan fingerprint density at radius 1 is 1.25 bits per heavy atom. The average molecular weight is 270 g/mol. The summed E-state index contributed by atoms with van der Waals surface area (Å²) in [6.45, 7) is 1.95. The van der Waals surface area contributed by atoms with E-state index in [4.69, 9.17) is 5.73 Å². The zero-order valence-electron chi connectivity index (χ0n) is 11.3. The van der Waals surface area contributed by atoms with Gasteiger partial charge in [-0.1, -0.05) is 30.3 Å². The fraction of sp³-hybridized carbons (Fsp3) is 0.188. The smallest absolute Gasteiger partial charge is 0.251 e. The predicted molar refractivity (Wildman–Crippen MR) is 79.6 cm³/mol. The highest BCUT2D eigenvalue weighted by atomic mass is 16.3. The van der Waals surface area contributed by atoms with Crippen molar-refractivity contribution in [1.82, 2.24) is 5.32 Å². The minimum atomic E-state index is -0.219. The lowest BCUT2D eigenvalue weighted by Crippen LogP contribution is -2.34. The molecule has 4 nitrogen and oxygen atoms in total. The zero-order chi connectivity index (χ0) is 14.5. The number of aromatic hydroxyl groups is 1. The first-order valence-electron chi connectivity index (χ1n) is 6.49. The molecule has 0 aliphatic rings. The summed E-state index contributed by atoms with van der Waals surface area (Å²) in [5.74, 6) is -0.294. The molecule has 0 bridgehead atoms. The molecule has 104 valence electrons. The molecule has 0 radical (unpaired) electrons. The summed E-state index contributed by atoms with van der Waals surface area (Å²) in [5.41, 5.74) is 7.34. The Morgan fingerprint density at radius 3 is 2.60 bits per heavy atom. The number of rotatable bonds is 4. The highest BCUT2D eigenvalue weighted by Crippen LogP contribution is 2.20. The number of phenolic OH excluding ortho intramolecular Hbond substituents is 1. The molecule has 0 saturated carbocycles. The van der Waals surface area contributed by atoms with Crippen LogP contribution in [-0.2, 0) is 6.42 Å². The van der Waals surface area contributed by atoms with Gasteiger partial charge in [-0.3, -0.25) is 4.79 Å². The Labute approximate surface area is 118 Å². The largest absolute Gasteiger partial charge is 0.506 e. The van der Waals surface area contributed by atoms with Gasteiger partial charge in [0.1, 0.15) is 5.75 Å². The molecule has 0 aliphatic carbocycles. The molecule has 0 aliphatic heterocycles. The van der Waals surface area contributed by atoms with Crippen molar-refractivity contribution in [3.05, 3.63) is 59.7 Å². The summed E-state index contributed by atoms with van der Waals surface area (Å²) in [6.07, 6.45) is 0.757. The lowest BCUT2D eigenvalue weighted by molar-refractivity contribution is 0.0939. The topological polar surface area (TPSA) is 75.4 Å². The van der Waals surface area contributed by atoms with Gasteiger partial charge in [-0.2, -0.15) is 0 Å². The van der Waals surface area contributed by atoms with Crippen LogP contribution in [0.1, 0.15) is 22.8 Å². The number of benzene rings is 2. The maximum absolute atomic E-state index is 12.0. The summed E-state index contributed by atoms with van der Waals surface area (Å²) in [4.78, 5) is 12.0. The number of nitrogen functional groups attached to an aromatic ring is 1. The molecule has 2 aromatic carbocycles. The number of amides is 1. The first-order chi connectivity index (χ1) is 9.56. The molecule has 4 N–H and O–H groups in total. The van der Waals surface area contributed by atoms with E-state index in [1.807, 2.05) is 37.3 Å². The lowest BCUT2D eigenvalue weighted by Gasteiger charge is -2.14. The molecule has 0 aromatic heterocycles. The van der Waals surface area contributed by atoms with Crippen molar-refractivity contribution in [3.63, 3.8) is 0 Å². The Balaban J connectivity index is 1.98. The van der Waals surface area contributed by atoms with Crippen molar-refractivity contribution in [2.45, 2.75) is 19.4 Å². The second-order valence-corrected chi connectivity index (χ2v) is 4.84. The molecule has 0 saturated heterocycles. The van der Waals surface area contributed by atoms with E-state index >= 15 is 0 Å². The van der Waals surface area contributed by atoms with Gasteiger partial charge in [-0.15, -0.1) is 0 Å². The van der Waals surface area contributed by atoms with Gasteiger partial charge >= 0.3 is 0 Å². The van der Waals surface area contributed by atoms with Crippen LogP contribution in [0.15, 0.2) is 48.5 Å². The van der Waals surface area contributed by atoms with Crippen molar-refractivity contribution >= 4 is 11.6 Å². The predicted octanol–water partition coefficient (Wildman–Crippen LogP) is 2.34. The van der Waals surface area contributed by atoms with Gasteiger partial charge in [0.05, 0.1) is 5.69 Å². The number of hydrogen-bond acceptors (Lipinski definition) is 3. The molecule has 2 aromatic rings. The van der Waals surface area contributed by atoms with Crippen molar-refractivity contribution < 1.29 is 9.90 Å². The van der Waals surface area contributed by atoms with E-state index in [1.54, 1.807) is 6.07 Å². The standard InChI is InChI=1S/C16H18N2O2/c1-11(9-12-5-3-2-4-6-12)18-16(20)13-7-8-14(17)15(19)10-13/h2-8,10-11,19H,9,17H2,1H3,(H,18,20). The number of carbonyl (C=O) groups is 1. The SMILES string of the molecule is CC(Cc1ccccc1)NC(=O)c1ccc(N)c(O)c1. The summed E-state index contributed by atoms with van der Waals surface area (Å²) < 4.78 is 0. The number of nitrogens with two attached hydrogens (primary N) is 1. The summed E-state index contributed by atoms with van der Waals surface area (Å²) in [5, 5.41) is 12.4. The third-order valence-electron chi connectivity index (χ3n) is 3.05. The molecular formula is C16H18N2O2. The minimum absolute atomic E-state index is 0.00426. The van der Waals surface area contributed by atoms with E-state index in [1.165, 1.54) is 17.7 Å². The first kappa shape index (κ1) is 13.9. The van der Waals surface area contributed by atoms with Crippen LogP contribution in [0.3, 0.4) is 0 Å². The lowest BCUT2D eigenvalue weighted by atomic mass is 10.1. The molecule has 20 heavy (non-hydrogen) atoms. The molecule has 2 rings (SSSR count). The fourth-order valence-electron chi connectivity index (χ4n) is 2.01. The highest BCUT2D eigenvalue weighted by Gasteiger charge is 2.11. The van der Waals surface area contributed by atoms with Gasteiger partial charge in [0, 0.05) is 11.6 Å². The minimum Gasteiger partial charge on any atom is -0.506 e. The van der Waals surface area contributed by atoms with Crippen molar-refractivity contribution in [3.8, 4) is 5.75 Å². The monoisotopic (exact) mass is 270 g/mol. The fourth-order valence-corrected chi connectivity index (χ4v) is 2.01. The van der Waals surface area contributed by atoms with Gasteiger partial charge in [0.2, 0.25) is 0 Å². The van der Waals surface area contributed by atoms with Crippen molar-refractivity contribution in [2.75, 3.05) is 5.73 Å². The Bertz CT molecular complexity index is 597. The quantitative estimate of drug-likeness (QED) is 0.589. The van der Waals surface area contributed by atoms with E-state index in [0.29, 0.717) is 5.56 Å². The van der Waals surface area contributed by atoms with Crippen LogP contribution in [0.4, 0.5) is 5.69 Å². The van der Waals surface area contributed by atoms with Crippen LogP contribution in [0.5, 0.6) is 5.75 Å². The third kappa shape index (κ3) is 3.51. The molecule has 1 unspecified atom stereocenters. The molecule has 1 atom stereocenters. The zero-order valence-corrected chi connectivity index (χ0v) is 11.3. The number of carbonyl (C=O) groups excluding carboxylic acids is 1. The van der Waals surface area contributed by atoms with Gasteiger partial charge < -0.3 is 16.2 Å². The van der Waals surface area contributed by atoms with Crippen LogP contribution in [0.2, 0.25) is 0 Å². The molecule has 0 fully saturated rings. The van der Waals surface area contributed by atoms with E-state index in [9.17, 15) is 9.90 Å². The maximum atomic E-state index is 12.0. The van der Waals surface area contributed by atoms with Gasteiger partial charge in [0.15, 0.2) is 0 Å². The van der Waals surface area contributed by atoms with E-state index < -0.39 is 0 Å². The van der Waals surface area contributed by atoms with E-state index in [-0.39, 0.29) is 23.4 Å². The molecule has 0 spiro atoms. The number of anilines is 1. The second-order valence-electron chi connectivity index (χ2n) is 4.84. The van der Waals surface area contributed by atoms with Crippen LogP contribution >= 0.6 is 0 Å². The van der Waals surface area contributed by atoms with E-state index in [2.05, 4.69) is 5.32 Å². The number of hydrogen-bond donors (Lipinski definition) is 3. The third-order valence-corrected chi connectivity index (χ3v) is 3.05. The molecule has 0 heterocycles. The summed E-state index contributed by atoms with van der Waals surface area (Å²) in [7, 11) is 0. The Kier molecular flexibility index (Phi) is 4.25. The summed E-state index contributed by atoms with van der Waals surface area (Å²) in [6, 6.07) is 14.5. The highest BCUT2D eigenvalue weighted by molar-refractivity contribution is 5.95. The number of nitrogens with one attached hydrogen (secondary N) is 1. The first-order valence-corrected chi connectivity index (χ1v) is 6.49. The second kappa shape index (κ2) is 6.10. The van der Waals surface area contributed by atoms with Gasteiger partial charge in [0.25, 0.3) is 5.91 Å². The maximum Gasteiger partial charge on any atom is 0.251 e. The molecule has 4 heteroatoms. The van der Waals surface area contributed by atoms with Gasteiger partial charge in [-0.05, 0) is 37.1 Å².